The second-order valence-corrected chi connectivity index (χ2v) is 4.10. The van der Waals surface area contributed by atoms with Crippen LogP contribution in [0.3, 0.4) is 0 Å². The molecule has 0 aliphatic carbocycles. The van der Waals surface area contributed by atoms with Crippen LogP contribution in [0.4, 0.5) is 13.2 Å². The Kier molecular flexibility index (Phi) is 6.52. The van der Waals surface area contributed by atoms with Gasteiger partial charge >= 0.3 is 6.18 Å². The molecule has 0 aromatic heterocycles. The summed E-state index contributed by atoms with van der Waals surface area (Å²) in [7, 11) is 0. The van der Waals surface area contributed by atoms with Crippen molar-refractivity contribution < 1.29 is 23.4 Å². The molecule has 0 amide bonds. The summed E-state index contributed by atoms with van der Waals surface area (Å²) in [6, 6.07) is 4.61. The molecule has 2 N–H and O–H groups in total. The lowest BCUT2D eigenvalue weighted by Crippen LogP contribution is -2.30. The van der Waals surface area contributed by atoms with Gasteiger partial charge in [-0.05, 0) is 24.3 Å². The predicted molar refractivity (Wildman–Crippen MR) is 68.9 cm³/mol. The van der Waals surface area contributed by atoms with Gasteiger partial charge in [0, 0.05) is 18.7 Å². The van der Waals surface area contributed by atoms with E-state index in [1.807, 2.05) is 0 Å². The SMILES string of the molecule is OCCN(CC#Cc1ccc(C(F)(F)F)cc1)CCO. The number of halogens is 3. The highest BCUT2D eigenvalue weighted by atomic mass is 19.4. The maximum atomic E-state index is 12.4. The minimum atomic E-state index is -4.34. The van der Waals surface area contributed by atoms with Gasteiger partial charge in [0.2, 0.25) is 0 Å². The summed E-state index contributed by atoms with van der Waals surface area (Å²) >= 11 is 0. The quantitative estimate of drug-likeness (QED) is 0.803. The Morgan fingerprint density at radius 1 is 1.00 bits per heavy atom. The van der Waals surface area contributed by atoms with Crippen LogP contribution in [0, 0.1) is 11.8 Å². The lowest BCUT2D eigenvalue weighted by atomic mass is 10.1. The summed E-state index contributed by atoms with van der Waals surface area (Å²) in [5.74, 6) is 5.55. The molecule has 110 valence electrons. The summed E-state index contributed by atoms with van der Waals surface area (Å²) in [4.78, 5) is 1.75. The molecule has 0 aliphatic heterocycles. The summed E-state index contributed by atoms with van der Waals surface area (Å²) in [6.45, 7) is 1.04. The van der Waals surface area contributed by atoms with Gasteiger partial charge in [0.25, 0.3) is 0 Å². The molecule has 20 heavy (non-hydrogen) atoms. The molecule has 0 unspecified atom stereocenters. The number of hydrogen-bond acceptors (Lipinski definition) is 3. The first kappa shape index (κ1) is 16.5. The van der Waals surface area contributed by atoms with Crippen molar-refractivity contribution in [2.45, 2.75) is 6.18 Å². The first-order chi connectivity index (χ1) is 9.47. The van der Waals surface area contributed by atoms with Gasteiger partial charge in [-0.1, -0.05) is 11.8 Å². The highest BCUT2D eigenvalue weighted by molar-refractivity contribution is 5.37. The molecule has 1 rings (SSSR count). The lowest BCUT2D eigenvalue weighted by Gasteiger charge is -2.16. The molecule has 0 spiro atoms. The fourth-order valence-electron chi connectivity index (χ4n) is 1.55. The Morgan fingerprint density at radius 2 is 1.55 bits per heavy atom. The van der Waals surface area contributed by atoms with Crippen molar-refractivity contribution in [1.82, 2.24) is 4.90 Å². The summed E-state index contributed by atoms with van der Waals surface area (Å²) < 4.78 is 37.1. The Labute approximate surface area is 115 Å². The second-order valence-electron chi connectivity index (χ2n) is 4.10. The van der Waals surface area contributed by atoms with Crippen LogP contribution in [-0.4, -0.2) is 48.0 Å². The van der Waals surface area contributed by atoms with E-state index in [0.717, 1.165) is 12.1 Å². The van der Waals surface area contributed by atoms with Gasteiger partial charge in [0.15, 0.2) is 0 Å². The number of aliphatic hydroxyl groups excluding tert-OH is 2. The number of nitrogens with zero attached hydrogens (tertiary/aromatic N) is 1. The lowest BCUT2D eigenvalue weighted by molar-refractivity contribution is -0.137. The third-order valence-electron chi connectivity index (χ3n) is 2.58. The molecule has 0 bridgehead atoms. The maximum absolute atomic E-state index is 12.4. The van der Waals surface area contributed by atoms with Crippen LogP contribution in [0.15, 0.2) is 24.3 Å². The van der Waals surface area contributed by atoms with Crippen molar-refractivity contribution in [3.05, 3.63) is 35.4 Å². The average Bonchev–Trinajstić information content (AvgIpc) is 2.39. The normalized spacial score (nSPS) is 11.3. The van der Waals surface area contributed by atoms with Gasteiger partial charge in [0.1, 0.15) is 0 Å². The van der Waals surface area contributed by atoms with E-state index in [2.05, 4.69) is 11.8 Å². The average molecular weight is 287 g/mol. The van der Waals surface area contributed by atoms with Crippen molar-refractivity contribution in [3.63, 3.8) is 0 Å². The van der Waals surface area contributed by atoms with Gasteiger partial charge in [-0.25, -0.2) is 0 Å². The molecule has 0 saturated heterocycles. The smallest absolute Gasteiger partial charge is 0.395 e. The van der Waals surface area contributed by atoms with Crippen LogP contribution in [0.5, 0.6) is 0 Å². The molecule has 0 aliphatic rings. The largest absolute Gasteiger partial charge is 0.416 e. The molecule has 1 aromatic rings. The first-order valence-corrected chi connectivity index (χ1v) is 6.07. The fraction of sp³-hybridized carbons (Fsp3) is 0.429. The number of benzene rings is 1. The van der Waals surface area contributed by atoms with Crippen molar-refractivity contribution in [2.75, 3.05) is 32.8 Å². The highest BCUT2D eigenvalue weighted by Crippen LogP contribution is 2.28. The van der Waals surface area contributed by atoms with Crippen LogP contribution < -0.4 is 0 Å². The molecule has 0 heterocycles. The van der Waals surface area contributed by atoms with Gasteiger partial charge < -0.3 is 10.2 Å². The standard InChI is InChI=1S/C14H16F3NO2/c15-14(16,17)13-5-3-12(4-6-13)2-1-7-18(8-10-19)9-11-20/h3-6,19-20H,7-11H2. The summed E-state index contributed by atoms with van der Waals surface area (Å²) in [5.41, 5.74) is -0.212. The minimum absolute atomic E-state index is 0.0397. The number of rotatable bonds is 5. The van der Waals surface area contributed by atoms with E-state index in [1.165, 1.54) is 12.1 Å². The van der Waals surface area contributed by atoms with E-state index in [0.29, 0.717) is 25.2 Å². The van der Waals surface area contributed by atoms with Gasteiger partial charge in [0.05, 0.1) is 25.3 Å². The molecule has 6 heteroatoms. The molecular weight excluding hydrogens is 271 g/mol. The van der Waals surface area contributed by atoms with E-state index in [-0.39, 0.29) is 13.2 Å². The molecule has 1 aromatic carbocycles. The van der Waals surface area contributed by atoms with E-state index in [4.69, 9.17) is 10.2 Å². The fourth-order valence-corrected chi connectivity index (χ4v) is 1.55. The third-order valence-corrected chi connectivity index (χ3v) is 2.58. The second kappa shape index (κ2) is 7.90. The van der Waals surface area contributed by atoms with E-state index < -0.39 is 11.7 Å². The molecule has 0 radical (unpaired) electrons. The topological polar surface area (TPSA) is 43.7 Å². The van der Waals surface area contributed by atoms with E-state index in [1.54, 1.807) is 4.90 Å². The minimum Gasteiger partial charge on any atom is -0.395 e. The number of hydrogen-bond donors (Lipinski definition) is 2. The van der Waals surface area contributed by atoms with Crippen LogP contribution >= 0.6 is 0 Å². The molecule has 0 saturated carbocycles. The number of alkyl halides is 3. The zero-order chi connectivity index (χ0) is 15.0. The zero-order valence-corrected chi connectivity index (χ0v) is 10.8. The van der Waals surface area contributed by atoms with Crippen molar-refractivity contribution in [1.29, 1.82) is 0 Å². The molecule has 0 atom stereocenters. The van der Waals surface area contributed by atoms with Gasteiger partial charge in [-0.15, -0.1) is 0 Å². The monoisotopic (exact) mass is 287 g/mol. The Bertz CT molecular complexity index is 454. The van der Waals surface area contributed by atoms with Crippen LogP contribution in [0.1, 0.15) is 11.1 Å². The summed E-state index contributed by atoms with van der Waals surface area (Å²) in [6.07, 6.45) is -4.34. The van der Waals surface area contributed by atoms with Gasteiger partial charge in [-0.2, -0.15) is 13.2 Å². The van der Waals surface area contributed by atoms with Crippen molar-refractivity contribution in [2.24, 2.45) is 0 Å². The van der Waals surface area contributed by atoms with Crippen molar-refractivity contribution >= 4 is 0 Å². The first-order valence-electron chi connectivity index (χ1n) is 6.07. The Hall–Kier alpha value is -1.55. The van der Waals surface area contributed by atoms with Crippen LogP contribution in [-0.2, 0) is 6.18 Å². The summed E-state index contributed by atoms with van der Waals surface area (Å²) in [5, 5.41) is 17.6. The Morgan fingerprint density at radius 3 is 2.00 bits per heavy atom. The molecular formula is C14H16F3NO2. The molecule has 0 fully saturated rings. The highest BCUT2D eigenvalue weighted by Gasteiger charge is 2.29. The van der Waals surface area contributed by atoms with E-state index in [9.17, 15) is 13.2 Å². The number of aliphatic hydroxyl groups is 2. The van der Waals surface area contributed by atoms with Crippen molar-refractivity contribution in [3.8, 4) is 11.8 Å². The maximum Gasteiger partial charge on any atom is 0.416 e. The van der Waals surface area contributed by atoms with Gasteiger partial charge in [-0.3, -0.25) is 4.90 Å². The van der Waals surface area contributed by atoms with E-state index >= 15 is 0 Å². The Balaban J connectivity index is 2.63. The molecule has 3 nitrogen and oxygen atoms in total. The third kappa shape index (κ3) is 5.61. The van der Waals surface area contributed by atoms with Crippen LogP contribution in [0.25, 0.3) is 0 Å². The van der Waals surface area contributed by atoms with Crippen LogP contribution in [0.2, 0.25) is 0 Å². The predicted octanol–water partition coefficient (Wildman–Crippen LogP) is 1.34. The zero-order valence-electron chi connectivity index (χ0n) is 10.8.